The second-order valence-electron chi connectivity index (χ2n) is 6.32. The first-order valence-corrected chi connectivity index (χ1v) is 8.45. The van der Waals surface area contributed by atoms with Gasteiger partial charge in [-0.15, -0.1) is 0 Å². The number of hydrogen-bond acceptors (Lipinski definition) is 2. The van der Waals surface area contributed by atoms with Crippen LogP contribution in [0.2, 0.25) is 0 Å². The van der Waals surface area contributed by atoms with E-state index in [0.717, 1.165) is 41.6 Å². The van der Waals surface area contributed by atoms with E-state index in [4.69, 9.17) is 4.74 Å². The van der Waals surface area contributed by atoms with E-state index in [1.165, 1.54) is 25.1 Å². The Morgan fingerprint density at radius 1 is 1.25 bits per heavy atom. The van der Waals surface area contributed by atoms with Crippen LogP contribution in [0.4, 0.5) is 0 Å². The molecule has 1 saturated heterocycles. The Bertz CT molecular complexity index is 425. The normalized spacial score (nSPS) is 23.8. The first kappa shape index (κ1) is 15.8. The van der Waals surface area contributed by atoms with Gasteiger partial charge in [0.15, 0.2) is 0 Å². The quantitative estimate of drug-likeness (QED) is 0.732. The molecule has 3 heteroatoms. The Morgan fingerprint density at radius 2 is 1.95 bits per heavy atom. The zero-order valence-electron chi connectivity index (χ0n) is 12.9. The van der Waals surface area contributed by atoms with Gasteiger partial charge in [0.1, 0.15) is 5.75 Å². The summed E-state index contributed by atoms with van der Waals surface area (Å²) in [5, 5.41) is 0. The maximum absolute atomic E-state index is 5.89. The predicted molar refractivity (Wildman–Crippen MR) is 88.4 cm³/mol. The number of ether oxygens (including phenoxy) is 1. The monoisotopic (exact) mass is 339 g/mol. The molecular formula is C17H26BrNO. The molecule has 112 valence electrons. The van der Waals surface area contributed by atoms with Crippen LogP contribution in [0.5, 0.6) is 5.75 Å². The summed E-state index contributed by atoms with van der Waals surface area (Å²) in [7, 11) is 0. The highest BCUT2D eigenvalue weighted by Gasteiger charge is 2.20. The van der Waals surface area contributed by atoms with Gasteiger partial charge >= 0.3 is 0 Å². The Kier molecular flexibility index (Phi) is 5.91. The first-order chi connectivity index (χ1) is 9.54. The zero-order chi connectivity index (χ0) is 14.5. The average molecular weight is 340 g/mol. The SMILES string of the molecule is Cc1cc(Br)ccc1OCCCN1CC(C)CC(C)C1. The average Bonchev–Trinajstić information content (AvgIpc) is 2.35. The van der Waals surface area contributed by atoms with E-state index in [1.807, 2.05) is 12.1 Å². The highest BCUT2D eigenvalue weighted by atomic mass is 79.9. The van der Waals surface area contributed by atoms with Crippen LogP contribution in [0.1, 0.15) is 32.3 Å². The Morgan fingerprint density at radius 3 is 2.60 bits per heavy atom. The van der Waals surface area contributed by atoms with E-state index in [0.29, 0.717) is 0 Å². The first-order valence-electron chi connectivity index (χ1n) is 7.66. The third-order valence-electron chi connectivity index (χ3n) is 3.96. The molecule has 2 rings (SSSR count). The summed E-state index contributed by atoms with van der Waals surface area (Å²) in [5.74, 6) is 2.69. The van der Waals surface area contributed by atoms with Crippen LogP contribution in [0, 0.1) is 18.8 Å². The van der Waals surface area contributed by atoms with E-state index in [2.05, 4.69) is 47.7 Å². The van der Waals surface area contributed by atoms with Crippen LogP contribution < -0.4 is 4.74 Å². The summed E-state index contributed by atoms with van der Waals surface area (Å²) in [6.45, 7) is 11.3. The molecule has 1 fully saturated rings. The molecule has 0 radical (unpaired) electrons. The molecule has 1 aromatic carbocycles. The van der Waals surface area contributed by atoms with Crippen molar-refractivity contribution < 1.29 is 4.74 Å². The zero-order valence-corrected chi connectivity index (χ0v) is 14.4. The largest absolute Gasteiger partial charge is 0.493 e. The molecule has 0 bridgehead atoms. The van der Waals surface area contributed by atoms with Gasteiger partial charge in [-0.1, -0.05) is 29.8 Å². The summed E-state index contributed by atoms with van der Waals surface area (Å²) in [6.07, 6.45) is 2.49. The molecule has 2 nitrogen and oxygen atoms in total. The van der Waals surface area contributed by atoms with Gasteiger partial charge in [0.2, 0.25) is 0 Å². The second-order valence-corrected chi connectivity index (χ2v) is 7.23. The van der Waals surface area contributed by atoms with Crippen LogP contribution >= 0.6 is 15.9 Å². The Balaban J connectivity index is 1.71. The standard InChI is InChI=1S/C17H26BrNO/c1-13-9-14(2)12-19(11-13)7-4-8-20-17-6-5-16(18)10-15(17)3/h5-6,10,13-14H,4,7-9,11-12H2,1-3H3. The Labute approximate surface area is 131 Å². The lowest BCUT2D eigenvalue weighted by atomic mass is 9.92. The molecule has 1 aliphatic heterocycles. The van der Waals surface area contributed by atoms with Crippen LogP contribution in [-0.4, -0.2) is 31.1 Å². The predicted octanol–water partition coefficient (Wildman–Crippen LogP) is 4.50. The molecule has 1 aliphatic rings. The number of nitrogens with zero attached hydrogens (tertiary/aromatic N) is 1. The minimum absolute atomic E-state index is 0.807. The van der Waals surface area contributed by atoms with Crippen LogP contribution in [0.3, 0.4) is 0 Å². The lowest BCUT2D eigenvalue weighted by molar-refractivity contribution is 0.132. The van der Waals surface area contributed by atoms with Crippen molar-refractivity contribution in [3.63, 3.8) is 0 Å². The van der Waals surface area contributed by atoms with Crippen molar-refractivity contribution in [3.05, 3.63) is 28.2 Å². The van der Waals surface area contributed by atoms with Crippen molar-refractivity contribution in [1.29, 1.82) is 0 Å². The fraction of sp³-hybridized carbons (Fsp3) is 0.647. The highest BCUT2D eigenvalue weighted by molar-refractivity contribution is 9.10. The summed E-state index contributed by atoms with van der Waals surface area (Å²) >= 11 is 3.48. The van der Waals surface area contributed by atoms with E-state index >= 15 is 0 Å². The highest BCUT2D eigenvalue weighted by Crippen LogP contribution is 2.23. The fourth-order valence-electron chi connectivity index (χ4n) is 3.22. The van der Waals surface area contributed by atoms with Gasteiger partial charge < -0.3 is 9.64 Å². The molecule has 1 aromatic rings. The van der Waals surface area contributed by atoms with E-state index < -0.39 is 0 Å². The van der Waals surface area contributed by atoms with Crippen molar-refractivity contribution in [1.82, 2.24) is 4.90 Å². The van der Waals surface area contributed by atoms with Gasteiger partial charge in [0, 0.05) is 24.1 Å². The number of piperidine rings is 1. The van der Waals surface area contributed by atoms with Crippen molar-refractivity contribution in [3.8, 4) is 5.75 Å². The summed E-state index contributed by atoms with van der Waals surface area (Å²) < 4.78 is 7.00. The summed E-state index contributed by atoms with van der Waals surface area (Å²) in [5.41, 5.74) is 1.19. The third kappa shape index (κ3) is 4.78. The lowest BCUT2D eigenvalue weighted by Crippen LogP contribution is -2.39. The fourth-order valence-corrected chi connectivity index (χ4v) is 3.70. The minimum Gasteiger partial charge on any atom is -0.493 e. The van der Waals surface area contributed by atoms with Gasteiger partial charge in [-0.05, 0) is 55.4 Å². The van der Waals surface area contributed by atoms with Gasteiger partial charge in [-0.2, -0.15) is 0 Å². The van der Waals surface area contributed by atoms with E-state index in [9.17, 15) is 0 Å². The molecule has 0 aromatic heterocycles. The van der Waals surface area contributed by atoms with Crippen molar-refractivity contribution in [2.24, 2.45) is 11.8 Å². The van der Waals surface area contributed by atoms with E-state index in [1.54, 1.807) is 0 Å². The molecular weight excluding hydrogens is 314 g/mol. The minimum atomic E-state index is 0.807. The molecule has 0 amide bonds. The number of rotatable bonds is 5. The molecule has 0 spiro atoms. The van der Waals surface area contributed by atoms with Crippen molar-refractivity contribution in [2.75, 3.05) is 26.2 Å². The lowest BCUT2D eigenvalue weighted by Gasteiger charge is -2.34. The number of likely N-dealkylation sites (tertiary alicyclic amines) is 1. The smallest absolute Gasteiger partial charge is 0.122 e. The van der Waals surface area contributed by atoms with Gasteiger partial charge in [0.25, 0.3) is 0 Å². The van der Waals surface area contributed by atoms with Gasteiger partial charge in [0.05, 0.1) is 6.61 Å². The van der Waals surface area contributed by atoms with E-state index in [-0.39, 0.29) is 0 Å². The van der Waals surface area contributed by atoms with Crippen LogP contribution in [0.15, 0.2) is 22.7 Å². The molecule has 1 heterocycles. The maximum atomic E-state index is 5.89. The van der Waals surface area contributed by atoms with Crippen LogP contribution in [0.25, 0.3) is 0 Å². The molecule has 2 atom stereocenters. The molecule has 20 heavy (non-hydrogen) atoms. The van der Waals surface area contributed by atoms with Crippen molar-refractivity contribution >= 4 is 15.9 Å². The third-order valence-corrected chi connectivity index (χ3v) is 4.45. The number of hydrogen-bond donors (Lipinski definition) is 0. The molecule has 0 aliphatic carbocycles. The van der Waals surface area contributed by atoms with Crippen LogP contribution in [-0.2, 0) is 0 Å². The van der Waals surface area contributed by atoms with Gasteiger partial charge in [-0.25, -0.2) is 0 Å². The summed E-state index contributed by atoms with van der Waals surface area (Å²) in [6, 6.07) is 6.18. The van der Waals surface area contributed by atoms with Gasteiger partial charge in [-0.3, -0.25) is 0 Å². The number of benzene rings is 1. The maximum Gasteiger partial charge on any atom is 0.122 e. The number of aryl methyl sites for hydroxylation is 1. The molecule has 0 N–H and O–H groups in total. The molecule has 2 unspecified atom stereocenters. The topological polar surface area (TPSA) is 12.5 Å². The van der Waals surface area contributed by atoms with Crippen molar-refractivity contribution in [2.45, 2.75) is 33.6 Å². The molecule has 0 saturated carbocycles. The number of halogens is 1. The second kappa shape index (κ2) is 7.46. The Hall–Kier alpha value is -0.540. The summed E-state index contributed by atoms with van der Waals surface area (Å²) in [4.78, 5) is 2.59.